The average Bonchev–Trinajstić information content (AvgIpc) is 2.48. The van der Waals surface area contributed by atoms with Crippen LogP contribution in [0.15, 0.2) is 24.3 Å². The van der Waals surface area contributed by atoms with Crippen LogP contribution in [0.1, 0.15) is 33.3 Å². The molecular weight excluding hydrogens is 333 g/mol. The number of alkyl halides is 1. The van der Waals surface area contributed by atoms with Crippen molar-refractivity contribution in [2.24, 2.45) is 0 Å². The first-order valence-corrected chi connectivity index (χ1v) is 8.53. The molecule has 1 heterocycles. The molecule has 4 nitrogen and oxygen atoms in total. The number of hydrogen-bond donors (Lipinski definition) is 0. The van der Waals surface area contributed by atoms with Crippen LogP contribution in [-0.2, 0) is 15.9 Å². The van der Waals surface area contributed by atoms with E-state index in [2.05, 4.69) is 0 Å². The van der Waals surface area contributed by atoms with E-state index in [-0.39, 0.29) is 19.2 Å². The first-order valence-electron chi connectivity index (χ1n) is 8.15. The highest BCUT2D eigenvalue weighted by Crippen LogP contribution is 2.22. The second-order valence-electron chi connectivity index (χ2n) is 7.17. The zero-order valence-electron chi connectivity index (χ0n) is 14.6. The van der Waals surface area contributed by atoms with Crippen LogP contribution in [0.2, 0.25) is 5.02 Å². The Morgan fingerprint density at radius 3 is 2.58 bits per heavy atom. The van der Waals surface area contributed by atoms with Gasteiger partial charge in [0.05, 0.1) is 19.2 Å². The molecule has 24 heavy (non-hydrogen) atoms. The van der Waals surface area contributed by atoms with E-state index in [0.29, 0.717) is 11.4 Å². The summed E-state index contributed by atoms with van der Waals surface area (Å²) in [5.74, 6) is 0. The van der Waals surface area contributed by atoms with E-state index < -0.39 is 24.0 Å². The van der Waals surface area contributed by atoms with Crippen LogP contribution in [0.4, 0.5) is 9.18 Å². The number of nitrogens with zero attached hydrogens (tertiary/aromatic N) is 1. The minimum Gasteiger partial charge on any atom is -0.444 e. The Bertz CT molecular complexity index is 556. The Labute approximate surface area is 147 Å². The topological polar surface area (TPSA) is 38.8 Å². The lowest BCUT2D eigenvalue weighted by molar-refractivity contribution is -0.0908. The van der Waals surface area contributed by atoms with Crippen LogP contribution in [0.5, 0.6) is 0 Å². The highest BCUT2D eigenvalue weighted by Gasteiger charge is 2.37. The number of benzene rings is 1. The molecule has 3 atom stereocenters. The van der Waals surface area contributed by atoms with Crippen molar-refractivity contribution in [1.29, 1.82) is 0 Å². The molecule has 1 aromatic carbocycles. The molecule has 1 aliphatic heterocycles. The molecule has 134 valence electrons. The number of carbonyl (C=O) groups excluding carboxylic acids is 1. The fourth-order valence-electron chi connectivity index (χ4n) is 2.60. The van der Waals surface area contributed by atoms with Crippen molar-refractivity contribution >= 4 is 17.7 Å². The maximum atomic E-state index is 13.6. The van der Waals surface area contributed by atoms with E-state index in [1.165, 1.54) is 6.92 Å². The molecule has 1 amide bonds. The van der Waals surface area contributed by atoms with Gasteiger partial charge >= 0.3 is 6.09 Å². The Kier molecular flexibility index (Phi) is 6.10. The van der Waals surface area contributed by atoms with Crippen LogP contribution >= 0.6 is 11.6 Å². The van der Waals surface area contributed by atoms with Gasteiger partial charge in [-0.2, -0.15) is 0 Å². The van der Waals surface area contributed by atoms with Gasteiger partial charge in [0.2, 0.25) is 0 Å². The molecule has 0 radical (unpaired) electrons. The molecule has 0 saturated carbocycles. The van der Waals surface area contributed by atoms with Crippen molar-refractivity contribution < 1.29 is 18.7 Å². The van der Waals surface area contributed by atoms with E-state index >= 15 is 0 Å². The minimum absolute atomic E-state index is 0.185. The highest BCUT2D eigenvalue weighted by molar-refractivity contribution is 6.30. The molecule has 0 N–H and O–H groups in total. The molecule has 0 bridgehead atoms. The van der Waals surface area contributed by atoms with E-state index in [1.54, 1.807) is 4.90 Å². The van der Waals surface area contributed by atoms with Gasteiger partial charge in [-0.15, -0.1) is 0 Å². The Balaban J connectivity index is 2.13. The van der Waals surface area contributed by atoms with E-state index in [9.17, 15) is 9.18 Å². The molecule has 1 aromatic rings. The van der Waals surface area contributed by atoms with Gasteiger partial charge in [0.25, 0.3) is 0 Å². The first-order chi connectivity index (χ1) is 11.2. The normalized spacial score (nSPS) is 23.0. The van der Waals surface area contributed by atoms with Crippen molar-refractivity contribution in [1.82, 2.24) is 4.90 Å². The van der Waals surface area contributed by atoms with Crippen molar-refractivity contribution in [3.63, 3.8) is 0 Å². The van der Waals surface area contributed by atoms with Crippen molar-refractivity contribution in [3.05, 3.63) is 34.9 Å². The van der Waals surface area contributed by atoms with Gasteiger partial charge in [0.1, 0.15) is 17.9 Å². The predicted molar refractivity (Wildman–Crippen MR) is 92.2 cm³/mol. The summed E-state index contributed by atoms with van der Waals surface area (Å²) in [6.07, 6.45) is -1.61. The summed E-state index contributed by atoms with van der Waals surface area (Å²) < 4.78 is 24.7. The van der Waals surface area contributed by atoms with Crippen LogP contribution in [0, 0.1) is 0 Å². The number of hydrogen-bond acceptors (Lipinski definition) is 3. The molecule has 1 fully saturated rings. The molecule has 1 aliphatic rings. The number of rotatable bonds is 3. The van der Waals surface area contributed by atoms with Crippen molar-refractivity contribution in [3.8, 4) is 0 Å². The number of carbonyl (C=O) groups is 1. The van der Waals surface area contributed by atoms with Gasteiger partial charge in [-0.1, -0.05) is 23.7 Å². The zero-order chi connectivity index (χ0) is 17.9. The summed E-state index contributed by atoms with van der Waals surface area (Å²) in [7, 11) is 0. The lowest BCUT2D eigenvalue weighted by Gasteiger charge is -2.40. The summed E-state index contributed by atoms with van der Waals surface area (Å²) in [5, 5.41) is 0.661. The Morgan fingerprint density at radius 2 is 2.04 bits per heavy atom. The van der Waals surface area contributed by atoms with Crippen molar-refractivity contribution in [2.45, 2.75) is 58.0 Å². The van der Waals surface area contributed by atoms with Crippen LogP contribution in [0.25, 0.3) is 0 Å². The molecule has 0 aliphatic carbocycles. The lowest BCUT2D eigenvalue weighted by atomic mass is 10.0. The molecule has 0 aromatic heterocycles. The maximum absolute atomic E-state index is 13.6. The fraction of sp³-hybridized carbons (Fsp3) is 0.611. The molecule has 0 spiro atoms. The van der Waals surface area contributed by atoms with Gasteiger partial charge in [0.15, 0.2) is 0 Å². The number of morpholine rings is 1. The number of ether oxygens (including phenoxy) is 2. The van der Waals surface area contributed by atoms with Gasteiger partial charge < -0.3 is 9.47 Å². The standard InChI is InChI=1S/C18H25ClFNO3/c1-12(20)16-10-21(17(22)24-18(2,3)4)15(11-23-16)9-13-5-7-14(19)8-6-13/h5-8,12,15-16H,9-11H2,1-4H3/t12?,15-,16+/m0/s1. The second-order valence-corrected chi connectivity index (χ2v) is 7.60. The molecule has 2 rings (SSSR count). The number of halogens is 2. The molecular formula is C18H25ClFNO3. The predicted octanol–water partition coefficient (Wildman–Crippen LogP) is 4.25. The van der Waals surface area contributed by atoms with Crippen LogP contribution in [-0.4, -0.2) is 48.1 Å². The monoisotopic (exact) mass is 357 g/mol. The third kappa shape index (κ3) is 5.35. The van der Waals surface area contributed by atoms with Gasteiger partial charge in [0, 0.05) is 5.02 Å². The number of amides is 1. The smallest absolute Gasteiger partial charge is 0.410 e. The SMILES string of the molecule is CC(F)[C@H]1CN(C(=O)OC(C)(C)C)[C@@H](Cc2ccc(Cl)cc2)CO1. The summed E-state index contributed by atoms with van der Waals surface area (Å²) in [4.78, 5) is 14.1. The molecule has 1 unspecified atom stereocenters. The quantitative estimate of drug-likeness (QED) is 0.812. The van der Waals surface area contributed by atoms with E-state index in [1.807, 2.05) is 45.0 Å². The minimum atomic E-state index is -1.15. The van der Waals surface area contributed by atoms with Crippen LogP contribution in [0.3, 0.4) is 0 Å². The third-order valence-electron chi connectivity index (χ3n) is 3.84. The molecule has 1 saturated heterocycles. The summed E-state index contributed by atoms with van der Waals surface area (Å²) in [6.45, 7) is 7.35. The third-order valence-corrected chi connectivity index (χ3v) is 4.10. The van der Waals surface area contributed by atoms with Gasteiger partial charge in [-0.05, 0) is 51.8 Å². The zero-order valence-corrected chi connectivity index (χ0v) is 15.3. The van der Waals surface area contributed by atoms with E-state index in [4.69, 9.17) is 21.1 Å². The Hall–Kier alpha value is -1.33. The average molecular weight is 358 g/mol. The first kappa shape index (κ1) is 19.0. The maximum Gasteiger partial charge on any atom is 0.410 e. The van der Waals surface area contributed by atoms with Crippen molar-refractivity contribution in [2.75, 3.05) is 13.2 Å². The summed E-state index contributed by atoms with van der Waals surface area (Å²) >= 11 is 5.91. The lowest BCUT2D eigenvalue weighted by Crippen LogP contribution is -2.56. The van der Waals surface area contributed by atoms with Gasteiger partial charge in [-0.25, -0.2) is 9.18 Å². The summed E-state index contributed by atoms with van der Waals surface area (Å²) in [6, 6.07) is 7.25. The summed E-state index contributed by atoms with van der Waals surface area (Å²) in [5.41, 5.74) is 0.435. The van der Waals surface area contributed by atoms with E-state index in [0.717, 1.165) is 5.56 Å². The van der Waals surface area contributed by atoms with Crippen LogP contribution < -0.4 is 0 Å². The van der Waals surface area contributed by atoms with Gasteiger partial charge in [-0.3, -0.25) is 4.90 Å². The largest absolute Gasteiger partial charge is 0.444 e. The second kappa shape index (κ2) is 7.70. The highest BCUT2D eigenvalue weighted by atomic mass is 35.5. The Morgan fingerprint density at radius 1 is 1.42 bits per heavy atom. The molecule has 6 heteroatoms. The fourth-order valence-corrected chi connectivity index (χ4v) is 2.73.